The third-order valence-electron chi connectivity index (χ3n) is 4.17. The van der Waals surface area contributed by atoms with Crippen molar-refractivity contribution in [1.82, 2.24) is 9.78 Å². The summed E-state index contributed by atoms with van der Waals surface area (Å²) in [5, 5.41) is 17.3. The summed E-state index contributed by atoms with van der Waals surface area (Å²) in [6.45, 7) is 1.89. The van der Waals surface area contributed by atoms with Crippen molar-refractivity contribution in [2.75, 3.05) is 5.32 Å². The van der Waals surface area contributed by atoms with Crippen LogP contribution in [0.3, 0.4) is 0 Å². The van der Waals surface area contributed by atoms with Crippen molar-refractivity contribution in [1.29, 1.82) is 0 Å². The lowest BCUT2D eigenvalue weighted by atomic mass is 9.79. The first-order valence-electron chi connectivity index (χ1n) is 6.12. The van der Waals surface area contributed by atoms with Crippen LogP contribution in [0.25, 0.3) is 0 Å². The van der Waals surface area contributed by atoms with E-state index in [2.05, 4.69) is 10.4 Å². The first-order valence-corrected chi connectivity index (χ1v) is 6.12. The second-order valence-electron chi connectivity index (χ2n) is 5.13. The number of carboxylic acid groups (broad SMARTS) is 1. The molecule has 3 atom stereocenters. The van der Waals surface area contributed by atoms with Crippen molar-refractivity contribution in [3.8, 4) is 0 Å². The molecule has 0 aromatic carbocycles. The molecule has 1 fully saturated rings. The summed E-state index contributed by atoms with van der Waals surface area (Å²) in [4.78, 5) is 11.6. The van der Waals surface area contributed by atoms with Gasteiger partial charge in [-0.05, 0) is 25.7 Å². The van der Waals surface area contributed by atoms with E-state index in [1.165, 1.54) is 0 Å². The van der Waals surface area contributed by atoms with E-state index in [0.29, 0.717) is 6.04 Å². The van der Waals surface area contributed by atoms with Crippen LogP contribution in [-0.2, 0) is 11.8 Å². The van der Waals surface area contributed by atoms with E-state index >= 15 is 0 Å². The second kappa shape index (κ2) is 3.48. The van der Waals surface area contributed by atoms with Crippen LogP contribution in [0.15, 0.2) is 0 Å². The Bertz CT molecular complexity index is 480. The van der Waals surface area contributed by atoms with Crippen molar-refractivity contribution < 1.29 is 9.90 Å². The third kappa shape index (κ3) is 1.38. The molecule has 0 radical (unpaired) electrons. The average molecular weight is 235 g/mol. The van der Waals surface area contributed by atoms with Gasteiger partial charge in [-0.1, -0.05) is 6.42 Å². The number of fused-ring (bicyclic) bond motifs is 2. The molecule has 1 saturated carbocycles. The van der Waals surface area contributed by atoms with Gasteiger partial charge in [-0.2, -0.15) is 5.10 Å². The summed E-state index contributed by atoms with van der Waals surface area (Å²) in [6, 6.07) is 0.304. The Balaban J connectivity index is 2.15. The number of nitrogens with zero attached hydrogens (tertiary/aromatic N) is 2. The van der Waals surface area contributed by atoms with Gasteiger partial charge in [0.15, 0.2) is 0 Å². The SMILES string of the molecule is Cc1nn(C)c2c1[C@H](C(=O)O)[C@@H]1CCC[C@H]1N2. The number of anilines is 1. The highest BCUT2D eigenvalue weighted by Crippen LogP contribution is 2.46. The van der Waals surface area contributed by atoms with Crippen LogP contribution in [0.4, 0.5) is 5.82 Å². The molecule has 2 heterocycles. The number of aliphatic carboxylic acids is 1. The van der Waals surface area contributed by atoms with Crippen molar-refractivity contribution in [2.45, 2.75) is 38.1 Å². The van der Waals surface area contributed by atoms with Gasteiger partial charge in [0.25, 0.3) is 0 Å². The Morgan fingerprint density at radius 2 is 2.29 bits per heavy atom. The van der Waals surface area contributed by atoms with Crippen LogP contribution >= 0.6 is 0 Å². The molecule has 0 saturated heterocycles. The molecular formula is C12H17N3O2. The van der Waals surface area contributed by atoms with Crippen molar-refractivity contribution >= 4 is 11.8 Å². The Hall–Kier alpha value is -1.52. The summed E-state index contributed by atoms with van der Waals surface area (Å²) >= 11 is 0. The minimum absolute atomic E-state index is 0.225. The van der Waals surface area contributed by atoms with E-state index in [1.807, 2.05) is 14.0 Å². The Kier molecular flexibility index (Phi) is 2.18. The third-order valence-corrected chi connectivity index (χ3v) is 4.17. The monoisotopic (exact) mass is 235 g/mol. The molecule has 1 aliphatic heterocycles. The lowest BCUT2D eigenvalue weighted by Gasteiger charge is -2.33. The predicted molar refractivity (Wildman–Crippen MR) is 63.1 cm³/mol. The molecule has 0 spiro atoms. The molecule has 2 aliphatic rings. The summed E-state index contributed by atoms with van der Waals surface area (Å²) < 4.78 is 1.77. The quantitative estimate of drug-likeness (QED) is 0.774. The fourth-order valence-corrected chi connectivity index (χ4v) is 3.48. The molecule has 1 aromatic heterocycles. The highest BCUT2D eigenvalue weighted by Gasteiger charge is 2.45. The molecule has 2 N–H and O–H groups in total. The molecule has 92 valence electrons. The molecule has 5 nitrogen and oxygen atoms in total. The minimum atomic E-state index is -0.708. The number of carbonyl (C=O) groups is 1. The van der Waals surface area contributed by atoms with E-state index in [-0.39, 0.29) is 11.8 Å². The molecule has 1 aliphatic carbocycles. The number of hydrogen-bond donors (Lipinski definition) is 2. The Morgan fingerprint density at radius 3 is 3.00 bits per heavy atom. The van der Waals surface area contributed by atoms with Crippen LogP contribution < -0.4 is 5.32 Å². The molecular weight excluding hydrogens is 218 g/mol. The number of aromatic nitrogens is 2. The second-order valence-corrected chi connectivity index (χ2v) is 5.13. The maximum Gasteiger partial charge on any atom is 0.311 e. The van der Waals surface area contributed by atoms with Gasteiger partial charge in [-0.15, -0.1) is 0 Å². The van der Waals surface area contributed by atoms with Gasteiger partial charge in [0.2, 0.25) is 0 Å². The molecule has 0 bridgehead atoms. The number of rotatable bonds is 1. The number of nitrogens with one attached hydrogen (secondary N) is 1. The summed E-state index contributed by atoms with van der Waals surface area (Å²) in [6.07, 6.45) is 3.19. The van der Waals surface area contributed by atoms with Crippen LogP contribution in [0.5, 0.6) is 0 Å². The van der Waals surface area contributed by atoms with Gasteiger partial charge in [0.05, 0.1) is 11.6 Å². The molecule has 3 rings (SSSR count). The lowest BCUT2D eigenvalue weighted by Crippen LogP contribution is -2.38. The normalized spacial score (nSPS) is 30.6. The van der Waals surface area contributed by atoms with Crippen LogP contribution in [0.2, 0.25) is 0 Å². The van der Waals surface area contributed by atoms with E-state index in [4.69, 9.17) is 0 Å². The van der Waals surface area contributed by atoms with E-state index in [1.54, 1.807) is 4.68 Å². The zero-order valence-corrected chi connectivity index (χ0v) is 10.1. The highest BCUT2D eigenvalue weighted by atomic mass is 16.4. The van der Waals surface area contributed by atoms with Gasteiger partial charge in [0.1, 0.15) is 5.82 Å². The van der Waals surface area contributed by atoms with Gasteiger partial charge >= 0.3 is 5.97 Å². The van der Waals surface area contributed by atoms with E-state index in [0.717, 1.165) is 36.3 Å². The van der Waals surface area contributed by atoms with Gasteiger partial charge in [0, 0.05) is 18.7 Å². The van der Waals surface area contributed by atoms with Crippen molar-refractivity contribution in [3.05, 3.63) is 11.3 Å². The summed E-state index contributed by atoms with van der Waals surface area (Å²) in [5.74, 6) is 0.0363. The van der Waals surface area contributed by atoms with Crippen LogP contribution in [0.1, 0.15) is 36.4 Å². The average Bonchev–Trinajstić information content (AvgIpc) is 2.82. The van der Waals surface area contributed by atoms with Crippen molar-refractivity contribution in [2.24, 2.45) is 13.0 Å². The molecule has 0 amide bonds. The maximum absolute atomic E-state index is 11.6. The van der Waals surface area contributed by atoms with Crippen LogP contribution in [-0.4, -0.2) is 26.9 Å². The largest absolute Gasteiger partial charge is 0.481 e. The molecule has 17 heavy (non-hydrogen) atoms. The summed E-state index contributed by atoms with van der Waals surface area (Å²) in [5.41, 5.74) is 1.73. The van der Waals surface area contributed by atoms with Crippen molar-refractivity contribution in [3.63, 3.8) is 0 Å². The summed E-state index contributed by atoms with van der Waals surface area (Å²) in [7, 11) is 1.87. The first-order chi connectivity index (χ1) is 8.09. The van der Waals surface area contributed by atoms with E-state index < -0.39 is 5.97 Å². The molecule has 0 unspecified atom stereocenters. The van der Waals surface area contributed by atoms with E-state index in [9.17, 15) is 9.90 Å². The topological polar surface area (TPSA) is 67.2 Å². The van der Waals surface area contributed by atoms with Gasteiger partial charge < -0.3 is 10.4 Å². The fraction of sp³-hybridized carbons (Fsp3) is 0.667. The highest BCUT2D eigenvalue weighted by molar-refractivity contribution is 5.81. The zero-order valence-electron chi connectivity index (χ0n) is 10.1. The smallest absolute Gasteiger partial charge is 0.311 e. The zero-order chi connectivity index (χ0) is 12.2. The van der Waals surface area contributed by atoms with Gasteiger partial charge in [-0.3, -0.25) is 9.48 Å². The number of carboxylic acids is 1. The number of hydrogen-bond acceptors (Lipinski definition) is 3. The first kappa shape index (κ1) is 10.6. The maximum atomic E-state index is 11.6. The lowest BCUT2D eigenvalue weighted by molar-refractivity contribution is -0.140. The minimum Gasteiger partial charge on any atom is -0.481 e. The fourth-order valence-electron chi connectivity index (χ4n) is 3.48. The van der Waals surface area contributed by atoms with Gasteiger partial charge in [-0.25, -0.2) is 0 Å². The van der Waals surface area contributed by atoms with Crippen LogP contribution in [0, 0.1) is 12.8 Å². The molecule has 1 aromatic rings. The standard InChI is InChI=1S/C12H17N3O2/c1-6-9-10(12(16)17)7-4-3-5-8(7)13-11(9)15(2)14-6/h7-8,10,13H,3-5H2,1-2H3,(H,16,17)/t7-,8-,10-/m1/s1. The molecule has 5 heteroatoms. The number of aryl methyl sites for hydroxylation is 2. The Morgan fingerprint density at radius 1 is 1.53 bits per heavy atom. The Labute approximate surface area is 99.8 Å². The predicted octanol–water partition coefficient (Wildman–Crippen LogP) is 1.49.